The van der Waals surface area contributed by atoms with Gasteiger partial charge in [-0.3, -0.25) is 28.8 Å². The van der Waals surface area contributed by atoms with E-state index in [1.165, 1.54) is 19.0 Å². The molecule has 21 heteroatoms. The predicted molar refractivity (Wildman–Crippen MR) is 192 cm³/mol. The molecule has 0 aliphatic heterocycles. The maximum atomic E-state index is 12.6. The van der Waals surface area contributed by atoms with Crippen molar-refractivity contribution < 1.29 is 28.8 Å². The summed E-state index contributed by atoms with van der Waals surface area (Å²) in [5.74, 6) is -2.97. The first-order valence-electron chi connectivity index (χ1n) is 16.9. The Balaban J connectivity index is 1.29. The van der Waals surface area contributed by atoms with Gasteiger partial charge in [0.15, 0.2) is 0 Å². The summed E-state index contributed by atoms with van der Waals surface area (Å²) in [5, 5.41) is 15.7. The average molecular weight is 748 g/mol. The first-order chi connectivity index (χ1) is 25.9. The van der Waals surface area contributed by atoms with Crippen molar-refractivity contribution in [2.45, 2.75) is 57.0 Å². The van der Waals surface area contributed by atoms with E-state index in [9.17, 15) is 28.8 Å². The molecule has 54 heavy (non-hydrogen) atoms. The lowest BCUT2D eigenvalue weighted by Gasteiger charge is -2.15. The average Bonchev–Trinajstić information content (AvgIpc) is 3.98. The molecule has 0 aliphatic carbocycles. The molecule has 3 aromatic heterocycles. The highest BCUT2D eigenvalue weighted by atomic mass is 16.2. The molecule has 6 amide bonds. The Bertz CT molecular complexity index is 1610. The first-order valence-corrected chi connectivity index (χ1v) is 16.9. The van der Waals surface area contributed by atoms with Gasteiger partial charge < -0.3 is 64.1 Å². The van der Waals surface area contributed by atoms with Crippen LogP contribution in [0.4, 0.5) is 0 Å². The van der Waals surface area contributed by atoms with E-state index in [2.05, 4.69) is 61.8 Å². The van der Waals surface area contributed by atoms with Gasteiger partial charge in [-0.25, -0.2) is 15.0 Å². The van der Waals surface area contributed by atoms with Crippen molar-refractivity contribution in [2.75, 3.05) is 19.6 Å². The molecule has 4 rings (SSSR count). The lowest BCUT2D eigenvalue weighted by atomic mass is 10.0. The Kier molecular flexibility index (Phi) is 15.3. The van der Waals surface area contributed by atoms with E-state index in [1.807, 2.05) is 0 Å². The Hall–Kier alpha value is -6.45. The van der Waals surface area contributed by atoms with Crippen LogP contribution in [0.1, 0.15) is 33.8 Å². The third kappa shape index (κ3) is 13.9. The maximum absolute atomic E-state index is 12.6. The minimum absolute atomic E-state index is 0.0478. The van der Waals surface area contributed by atoms with Gasteiger partial charge in [0.25, 0.3) is 0 Å². The number of aromatic nitrogens is 6. The quantitative estimate of drug-likeness (QED) is 0.0386. The molecule has 4 aromatic rings. The fourth-order valence-electron chi connectivity index (χ4n) is 5.01. The molecular weight excluding hydrogens is 702 g/mol. The van der Waals surface area contributed by atoms with Crippen molar-refractivity contribution in [2.24, 2.45) is 17.2 Å². The van der Waals surface area contributed by atoms with Gasteiger partial charge in [-0.05, 0) is 16.7 Å². The van der Waals surface area contributed by atoms with Crippen LogP contribution < -0.4 is 49.1 Å². The minimum Gasteiger partial charge on any atom is -0.350 e. The van der Waals surface area contributed by atoms with Crippen LogP contribution in [0.3, 0.4) is 0 Å². The molecule has 0 aliphatic rings. The van der Waals surface area contributed by atoms with E-state index in [4.69, 9.17) is 17.2 Å². The smallest absolute Gasteiger partial charge is 0.239 e. The molecule has 21 nitrogen and oxygen atoms in total. The SMILES string of the molecule is N[C@@H](Cc1cnc[nH]1)C(=O)NCC(=O)NCc1cc(CNC(=O)CNC(=O)[C@@H](N)Cc2cnc[nH]2)cc(CNC(=O)CNC(=O)[C@@H](N)Cc2cnc[nH]2)c1. The second-order valence-corrected chi connectivity index (χ2v) is 12.3. The van der Waals surface area contributed by atoms with Crippen LogP contribution in [0.2, 0.25) is 0 Å². The molecule has 0 spiro atoms. The van der Waals surface area contributed by atoms with Crippen molar-refractivity contribution in [3.8, 4) is 0 Å². The molecule has 0 saturated heterocycles. The fourth-order valence-corrected chi connectivity index (χ4v) is 5.01. The number of amides is 6. The van der Waals surface area contributed by atoms with Crippen LogP contribution in [-0.2, 0) is 67.7 Å². The van der Waals surface area contributed by atoms with Crippen LogP contribution in [0.15, 0.2) is 55.8 Å². The number of carbonyl (C=O) groups excluding carboxylic acids is 6. The summed E-state index contributed by atoms with van der Waals surface area (Å²) in [6.07, 6.45) is 9.73. The molecule has 288 valence electrons. The second-order valence-electron chi connectivity index (χ2n) is 12.3. The van der Waals surface area contributed by atoms with Gasteiger partial charge in [-0.15, -0.1) is 0 Å². The van der Waals surface area contributed by atoms with Crippen LogP contribution in [0.5, 0.6) is 0 Å². The highest BCUT2D eigenvalue weighted by molar-refractivity contribution is 5.88. The van der Waals surface area contributed by atoms with E-state index in [-0.39, 0.29) is 58.5 Å². The van der Waals surface area contributed by atoms with E-state index in [1.54, 1.807) is 36.8 Å². The number of carbonyl (C=O) groups is 6. The van der Waals surface area contributed by atoms with E-state index in [0.717, 1.165) is 0 Å². The van der Waals surface area contributed by atoms with Crippen molar-refractivity contribution >= 4 is 35.4 Å². The Morgan fingerprint density at radius 1 is 0.481 bits per heavy atom. The first kappa shape index (κ1) is 40.3. The molecule has 0 fully saturated rings. The number of benzene rings is 1. The van der Waals surface area contributed by atoms with Gasteiger partial charge in [0.05, 0.1) is 56.7 Å². The van der Waals surface area contributed by atoms with Crippen LogP contribution in [0, 0.1) is 0 Å². The molecule has 1 aromatic carbocycles. The molecule has 0 bridgehead atoms. The van der Waals surface area contributed by atoms with Crippen LogP contribution >= 0.6 is 0 Å². The predicted octanol–water partition coefficient (Wildman–Crippen LogP) is -4.24. The van der Waals surface area contributed by atoms with Crippen molar-refractivity contribution in [3.05, 3.63) is 89.5 Å². The molecule has 15 N–H and O–H groups in total. The van der Waals surface area contributed by atoms with E-state index >= 15 is 0 Å². The Labute approximate surface area is 309 Å². The number of hydrogen-bond donors (Lipinski definition) is 12. The molecule has 0 saturated carbocycles. The minimum atomic E-state index is -0.887. The highest BCUT2D eigenvalue weighted by Gasteiger charge is 2.18. The van der Waals surface area contributed by atoms with Crippen molar-refractivity contribution in [1.82, 2.24) is 61.8 Å². The zero-order valence-electron chi connectivity index (χ0n) is 29.3. The lowest BCUT2D eigenvalue weighted by molar-refractivity contribution is -0.126. The summed E-state index contributed by atoms with van der Waals surface area (Å²) in [5.41, 5.74) is 21.7. The third-order valence-electron chi connectivity index (χ3n) is 7.85. The van der Waals surface area contributed by atoms with Gasteiger partial charge >= 0.3 is 0 Å². The van der Waals surface area contributed by atoms with Crippen molar-refractivity contribution in [3.63, 3.8) is 0 Å². The largest absolute Gasteiger partial charge is 0.350 e. The van der Waals surface area contributed by atoms with E-state index < -0.39 is 53.6 Å². The van der Waals surface area contributed by atoms with E-state index in [0.29, 0.717) is 33.8 Å². The monoisotopic (exact) mass is 747 g/mol. The zero-order chi connectivity index (χ0) is 38.9. The highest BCUT2D eigenvalue weighted by Crippen LogP contribution is 2.11. The molecule has 3 atom stereocenters. The Morgan fingerprint density at radius 3 is 1.00 bits per heavy atom. The molecule has 3 heterocycles. The summed E-state index contributed by atoms with van der Waals surface area (Å²) in [6.45, 7) is -0.807. The number of nitrogens with one attached hydrogen (secondary N) is 9. The van der Waals surface area contributed by atoms with Gasteiger partial charge in [-0.1, -0.05) is 18.2 Å². The number of H-pyrrole nitrogens is 3. The number of imidazole rings is 3. The number of hydrogen-bond acceptors (Lipinski definition) is 12. The Morgan fingerprint density at radius 2 is 0.759 bits per heavy atom. The van der Waals surface area contributed by atoms with Gasteiger partial charge in [-0.2, -0.15) is 0 Å². The van der Waals surface area contributed by atoms with Gasteiger partial charge in [0, 0.05) is 74.6 Å². The standard InChI is InChI=1S/C33H45N15O6/c34-25(4-22-10-37-16-46-22)31(52)43-13-28(49)40-7-19-1-20(8-41-29(50)14-44-32(53)26(35)5-23-11-38-17-47-23)3-21(2-19)9-42-30(51)15-45-33(54)27(36)6-24-12-39-18-48-24/h1-3,10-12,16-18,25-27H,4-9,13-15,34-36H2,(H,37,46)(H,38,47)(H,39,48)(H,40,49)(H,41,50)(H,42,51)(H,43,52)(H,44,53)(H,45,54)/t25-,26-,27-/m0/s1. The van der Waals surface area contributed by atoms with Crippen molar-refractivity contribution in [1.29, 1.82) is 0 Å². The van der Waals surface area contributed by atoms with Crippen LogP contribution in [-0.4, -0.2) is 103 Å². The second kappa shape index (κ2) is 20.6. The summed E-state index contributed by atoms with van der Waals surface area (Å²) in [4.78, 5) is 95.1. The maximum Gasteiger partial charge on any atom is 0.239 e. The molecule has 0 unspecified atom stereocenters. The summed E-state index contributed by atoms with van der Waals surface area (Å²) in [7, 11) is 0. The van der Waals surface area contributed by atoms with Crippen LogP contribution in [0.25, 0.3) is 0 Å². The zero-order valence-corrected chi connectivity index (χ0v) is 29.3. The number of rotatable bonds is 21. The lowest BCUT2D eigenvalue weighted by Crippen LogP contribution is -2.46. The number of nitrogens with zero attached hydrogens (tertiary/aromatic N) is 3. The topological polar surface area (TPSA) is 339 Å². The summed E-state index contributed by atoms with van der Waals surface area (Å²) in [6, 6.07) is 2.56. The third-order valence-corrected chi connectivity index (χ3v) is 7.85. The summed E-state index contributed by atoms with van der Waals surface area (Å²) < 4.78 is 0. The fraction of sp³-hybridized carbons (Fsp3) is 0.364. The normalized spacial score (nSPS) is 12.5. The summed E-state index contributed by atoms with van der Waals surface area (Å²) >= 11 is 0. The van der Waals surface area contributed by atoms with Gasteiger partial charge in [0.2, 0.25) is 35.4 Å². The molecular formula is C33H45N15O6. The van der Waals surface area contributed by atoms with Gasteiger partial charge in [0.1, 0.15) is 0 Å². The number of nitrogens with two attached hydrogens (primary N) is 3. The number of aromatic amines is 3. The molecule has 0 radical (unpaired) electrons.